The van der Waals surface area contributed by atoms with E-state index in [9.17, 15) is 0 Å². The molecule has 120 valence electrons. The molecular formula is C16H35NO2Si. The van der Waals surface area contributed by atoms with Crippen LogP contribution in [0.15, 0.2) is 12.2 Å². The van der Waals surface area contributed by atoms with Crippen molar-refractivity contribution in [3.8, 4) is 0 Å². The van der Waals surface area contributed by atoms with E-state index in [-0.39, 0.29) is 5.41 Å². The second kappa shape index (κ2) is 9.72. The zero-order valence-corrected chi connectivity index (χ0v) is 15.7. The van der Waals surface area contributed by atoms with Crippen molar-refractivity contribution in [2.24, 2.45) is 5.41 Å². The van der Waals surface area contributed by atoms with E-state index in [0.29, 0.717) is 0 Å². The molecule has 0 atom stereocenters. The Morgan fingerprint density at radius 2 is 1.50 bits per heavy atom. The molecule has 0 aromatic carbocycles. The highest BCUT2D eigenvalue weighted by molar-refractivity contribution is 6.76. The molecule has 0 bridgehead atoms. The third-order valence-corrected chi connectivity index (χ3v) is 4.61. The van der Waals surface area contributed by atoms with Gasteiger partial charge < -0.3 is 9.47 Å². The Morgan fingerprint density at radius 1 is 1.00 bits per heavy atom. The van der Waals surface area contributed by atoms with Gasteiger partial charge in [0.05, 0.1) is 13.2 Å². The lowest BCUT2D eigenvalue weighted by molar-refractivity contribution is 0.0979. The first-order chi connectivity index (χ1) is 9.20. The Labute approximate surface area is 127 Å². The van der Waals surface area contributed by atoms with E-state index >= 15 is 0 Å². The molecule has 0 aliphatic heterocycles. The van der Waals surface area contributed by atoms with E-state index in [1.807, 2.05) is 0 Å². The highest BCUT2D eigenvalue weighted by Crippen LogP contribution is 2.21. The van der Waals surface area contributed by atoms with Gasteiger partial charge in [-0.15, -0.1) is 0 Å². The van der Waals surface area contributed by atoms with Crippen LogP contribution >= 0.6 is 0 Å². The minimum absolute atomic E-state index is 0.196. The fraction of sp³-hybridized carbons (Fsp3) is 0.875. The molecular weight excluding hydrogens is 266 g/mol. The molecule has 0 saturated carbocycles. The average Bonchev–Trinajstić information content (AvgIpc) is 2.30. The summed E-state index contributed by atoms with van der Waals surface area (Å²) in [6.07, 6.45) is 4.77. The van der Waals surface area contributed by atoms with E-state index in [1.165, 1.54) is 6.04 Å². The molecule has 0 aromatic rings. The number of nitrogens with zero attached hydrogens (tertiary/aromatic N) is 1. The first-order valence-electron chi connectivity index (χ1n) is 7.58. The lowest BCUT2D eigenvalue weighted by atomic mass is 9.92. The van der Waals surface area contributed by atoms with Gasteiger partial charge in [0.1, 0.15) is 0 Å². The summed E-state index contributed by atoms with van der Waals surface area (Å²) in [7, 11) is 2.54. The summed E-state index contributed by atoms with van der Waals surface area (Å²) >= 11 is 0. The van der Waals surface area contributed by atoms with Crippen molar-refractivity contribution in [3.63, 3.8) is 0 Å². The van der Waals surface area contributed by atoms with E-state index in [0.717, 1.165) is 32.8 Å². The van der Waals surface area contributed by atoms with Crippen molar-refractivity contribution in [1.29, 1.82) is 0 Å². The van der Waals surface area contributed by atoms with Crippen LogP contribution in [-0.2, 0) is 9.47 Å². The Hall–Kier alpha value is -0.163. The molecule has 0 aliphatic rings. The van der Waals surface area contributed by atoms with Gasteiger partial charge in [-0.05, 0) is 11.5 Å². The van der Waals surface area contributed by atoms with Crippen LogP contribution in [0.3, 0.4) is 0 Å². The molecule has 0 unspecified atom stereocenters. The molecule has 0 amide bonds. The van der Waals surface area contributed by atoms with Crippen LogP contribution in [0, 0.1) is 5.41 Å². The summed E-state index contributed by atoms with van der Waals surface area (Å²) in [4.78, 5) is 2.42. The van der Waals surface area contributed by atoms with Crippen LogP contribution in [0.2, 0.25) is 25.7 Å². The molecule has 0 aromatic heterocycles. The first kappa shape index (κ1) is 19.8. The number of methoxy groups -OCH3 is 2. The lowest BCUT2D eigenvalue weighted by Gasteiger charge is -2.30. The minimum atomic E-state index is -0.979. The molecule has 0 heterocycles. The smallest absolute Gasteiger partial charge is 0.0589 e. The van der Waals surface area contributed by atoms with Gasteiger partial charge in [-0.1, -0.05) is 45.6 Å². The molecule has 0 saturated heterocycles. The van der Waals surface area contributed by atoms with Crippen molar-refractivity contribution in [3.05, 3.63) is 12.2 Å². The van der Waals surface area contributed by atoms with Crippen LogP contribution in [0.1, 0.15) is 13.8 Å². The summed E-state index contributed by atoms with van der Waals surface area (Å²) in [6, 6.07) is 1.26. The quantitative estimate of drug-likeness (QED) is 0.431. The Kier molecular flexibility index (Phi) is 9.64. The predicted molar refractivity (Wildman–Crippen MR) is 91.3 cm³/mol. The highest BCUT2D eigenvalue weighted by atomic mass is 28.3. The maximum absolute atomic E-state index is 5.20. The van der Waals surface area contributed by atoms with Crippen LogP contribution in [-0.4, -0.2) is 60.0 Å². The number of hydrogen-bond donors (Lipinski definition) is 0. The summed E-state index contributed by atoms with van der Waals surface area (Å²) in [6.45, 7) is 16.4. The number of allylic oxidation sites excluding steroid dienone is 1. The number of ether oxygens (including phenoxy) is 2. The fourth-order valence-electron chi connectivity index (χ4n) is 2.07. The van der Waals surface area contributed by atoms with Gasteiger partial charge in [-0.2, -0.15) is 0 Å². The Balaban J connectivity index is 4.40. The fourth-order valence-corrected chi connectivity index (χ4v) is 2.90. The number of rotatable bonds is 11. The molecule has 0 rings (SSSR count). The van der Waals surface area contributed by atoms with Crippen molar-refractivity contribution >= 4 is 8.07 Å². The molecule has 0 radical (unpaired) electrons. The minimum Gasteiger partial charge on any atom is -0.383 e. The maximum atomic E-state index is 5.20. The summed E-state index contributed by atoms with van der Waals surface area (Å²) < 4.78 is 10.4. The molecule has 0 N–H and O–H groups in total. The van der Waals surface area contributed by atoms with Gasteiger partial charge in [0.15, 0.2) is 0 Å². The van der Waals surface area contributed by atoms with Crippen LogP contribution in [0.4, 0.5) is 0 Å². The molecule has 0 fully saturated rings. The van der Waals surface area contributed by atoms with Gasteiger partial charge in [0.25, 0.3) is 0 Å². The van der Waals surface area contributed by atoms with Crippen molar-refractivity contribution in [1.82, 2.24) is 4.90 Å². The predicted octanol–water partition coefficient (Wildman–Crippen LogP) is 3.50. The van der Waals surface area contributed by atoms with Crippen molar-refractivity contribution in [2.75, 3.05) is 47.1 Å². The second-order valence-electron chi connectivity index (χ2n) is 7.42. The lowest BCUT2D eigenvalue weighted by Crippen LogP contribution is -2.37. The third-order valence-electron chi connectivity index (χ3n) is 3.15. The second-order valence-corrected chi connectivity index (χ2v) is 12.9. The van der Waals surface area contributed by atoms with E-state index in [2.05, 4.69) is 50.5 Å². The largest absolute Gasteiger partial charge is 0.383 e. The van der Waals surface area contributed by atoms with Gasteiger partial charge >= 0.3 is 0 Å². The third kappa shape index (κ3) is 11.6. The Bertz CT molecular complexity index is 264. The average molecular weight is 302 g/mol. The number of hydrogen-bond acceptors (Lipinski definition) is 3. The summed E-state index contributed by atoms with van der Waals surface area (Å²) in [5.41, 5.74) is 0.196. The van der Waals surface area contributed by atoms with E-state index < -0.39 is 8.07 Å². The van der Waals surface area contributed by atoms with Crippen molar-refractivity contribution in [2.45, 2.75) is 39.5 Å². The zero-order valence-electron chi connectivity index (χ0n) is 14.7. The van der Waals surface area contributed by atoms with Gasteiger partial charge in [0, 0.05) is 41.9 Å². The first-order valence-corrected chi connectivity index (χ1v) is 11.3. The van der Waals surface area contributed by atoms with E-state index in [1.54, 1.807) is 14.2 Å². The van der Waals surface area contributed by atoms with Crippen LogP contribution in [0.5, 0.6) is 0 Å². The molecule has 0 aliphatic carbocycles. The summed E-state index contributed by atoms with van der Waals surface area (Å²) in [5.74, 6) is 0. The van der Waals surface area contributed by atoms with E-state index in [4.69, 9.17) is 9.47 Å². The molecule has 3 nitrogen and oxygen atoms in total. The molecule has 20 heavy (non-hydrogen) atoms. The molecule has 4 heteroatoms. The Morgan fingerprint density at radius 3 is 1.90 bits per heavy atom. The molecule has 0 spiro atoms. The SMILES string of the molecule is COCCN(CCOC)CC(C)(C)/C=C\C[Si](C)(C)C. The van der Waals surface area contributed by atoms with Crippen molar-refractivity contribution < 1.29 is 9.47 Å². The van der Waals surface area contributed by atoms with Gasteiger partial charge in [0.2, 0.25) is 0 Å². The van der Waals surface area contributed by atoms with Crippen LogP contribution < -0.4 is 0 Å². The normalized spacial score (nSPS) is 13.6. The zero-order chi connectivity index (χ0) is 15.6. The topological polar surface area (TPSA) is 21.7 Å². The summed E-state index contributed by atoms with van der Waals surface area (Å²) in [5, 5.41) is 0. The van der Waals surface area contributed by atoms with Gasteiger partial charge in [-0.3, -0.25) is 4.90 Å². The standard InChI is InChI=1S/C16H35NO2Si/c1-16(2,9-8-14-20(5,6)7)15-17(10-12-18-3)11-13-19-4/h8-9H,10-15H2,1-7H3/b9-8-. The monoisotopic (exact) mass is 301 g/mol. The highest BCUT2D eigenvalue weighted by Gasteiger charge is 2.19. The van der Waals surface area contributed by atoms with Gasteiger partial charge in [-0.25, -0.2) is 0 Å². The maximum Gasteiger partial charge on any atom is 0.0589 e. The van der Waals surface area contributed by atoms with Crippen LogP contribution in [0.25, 0.3) is 0 Å².